The minimum Gasteiger partial charge on any atom is -0.333 e. The average molecular weight is 375 g/mol. The van der Waals surface area contributed by atoms with Crippen LogP contribution in [-0.2, 0) is 7.05 Å². The first kappa shape index (κ1) is 18.7. The van der Waals surface area contributed by atoms with Crippen molar-refractivity contribution in [2.45, 2.75) is 13.8 Å². The number of benzene rings is 2. The van der Waals surface area contributed by atoms with E-state index in [-0.39, 0.29) is 0 Å². The van der Waals surface area contributed by atoms with E-state index in [1.165, 1.54) is 15.6 Å². The second-order valence-electron chi connectivity index (χ2n) is 6.29. The predicted molar refractivity (Wildman–Crippen MR) is 113 cm³/mol. The van der Waals surface area contributed by atoms with Crippen molar-refractivity contribution in [3.63, 3.8) is 0 Å². The Kier molecular flexibility index (Phi) is 5.94. The maximum atomic E-state index is 4.44. The van der Waals surface area contributed by atoms with E-state index in [0.29, 0.717) is 0 Å². The van der Waals surface area contributed by atoms with Gasteiger partial charge in [-0.25, -0.2) is 4.99 Å². The molecule has 27 heavy (non-hydrogen) atoms. The van der Waals surface area contributed by atoms with Gasteiger partial charge in [-0.15, -0.1) is 0 Å². The second kappa shape index (κ2) is 8.56. The third-order valence-corrected chi connectivity index (χ3v) is 4.66. The van der Waals surface area contributed by atoms with Crippen LogP contribution < -0.4 is 5.49 Å². The molecule has 4 aromatic rings. The smallest absolute Gasteiger partial charge is 0.159 e. The topological polar surface area (TPSA) is 43.1 Å². The lowest BCUT2D eigenvalue weighted by Gasteiger charge is -2.05. The normalized spacial score (nSPS) is 11.1. The number of hydrogen-bond donors (Lipinski definition) is 0. The van der Waals surface area contributed by atoms with Crippen molar-refractivity contribution >= 4 is 21.6 Å². The van der Waals surface area contributed by atoms with Gasteiger partial charge in [0.15, 0.2) is 5.49 Å². The lowest BCUT2D eigenvalue weighted by molar-refractivity contribution is 0.813. The number of aromatic nitrogens is 3. The van der Waals surface area contributed by atoms with Gasteiger partial charge in [0.2, 0.25) is 0 Å². The van der Waals surface area contributed by atoms with E-state index in [2.05, 4.69) is 46.1 Å². The summed E-state index contributed by atoms with van der Waals surface area (Å²) in [6.07, 6.45) is 5.56. The van der Waals surface area contributed by atoms with Crippen LogP contribution in [0.25, 0.3) is 21.3 Å². The van der Waals surface area contributed by atoms with Crippen molar-refractivity contribution in [2.24, 2.45) is 12.0 Å². The quantitative estimate of drug-likeness (QED) is 0.488. The van der Waals surface area contributed by atoms with E-state index >= 15 is 0 Å². The Balaban J connectivity index is 0.000000177. The molecular weight excluding hydrogens is 352 g/mol. The van der Waals surface area contributed by atoms with E-state index in [9.17, 15) is 0 Å². The molecule has 0 aliphatic carbocycles. The maximum Gasteiger partial charge on any atom is 0.159 e. The van der Waals surface area contributed by atoms with Gasteiger partial charge in [-0.2, -0.15) is 4.37 Å². The number of aryl methyl sites for hydroxylation is 2. The van der Waals surface area contributed by atoms with Crippen molar-refractivity contribution in [3.05, 3.63) is 90.4 Å². The first-order valence-corrected chi connectivity index (χ1v) is 9.40. The summed E-state index contributed by atoms with van der Waals surface area (Å²) in [6, 6.07) is 16.4. The van der Waals surface area contributed by atoms with Crippen LogP contribution >= 0.6 is 11.5 Å². The molecule has 5 heteroatoms. The van der Waals surface area contributed by atoms with Gasteiger partial charge in [0.1, 0.15) is 5.69 Å². The summed E-state index contributed by atoms with van der Waals surface area (Å²) in [4.78, 5) is 8.85. The molecule has 2 aromatic heterocycles. The number of rotatable bonds is 2. The fourth-order valence-corrected chi connectivity index (χ4v) is 3.33. The number of fused-ring (bicyclic) bond motifs is 1. The van der Waals surface area contributed by atoms with Gasteiger partial charge in [-0.05, 0) is 37.0 Å². The van der Waals surface area contributed by atoms with E-state index in [1.807, 2.05) is 61.3 Å². The SMILES string of the molecule is C=C(C)N=c1c(-c2ccccc2)nccn1C.Cc1ccc2cnsc2c1. The molecule has 0 spiro atoms. The molecule has 0 amide bonds. The van der Waals surface area contributed by atoms with Crippen LogP contribution in [0.1, 0.15) is 12.5 Å². The van der Waals surface area contributed by atoms with Crippen LogP contribution in [0, 0.1) is 6.92 Å². The van der Waals surface area contributed by atoms with Crippen LogP contribution in [-0.4, -0.2) is 13.9 Å². The fourth-order valence-electron chi connectivity index (χ4n) is 2.58. The summed E-state index contributed by atoms with van der Waals surface area (Å²) >= 11 is 1.55. The molecule has 4 rings (SSSR count). The Morgan fingerprint density at radius 1 is 1.15 bits per heavy atom. The highest BCUT2D eigenvalue weighted by Crippen LogP contribution is 2.18. The molecule has 4 nitrogen and oxygen atoms in total. The third kappa shape index (κ3) is 4.77. The van der Waals surface area contributed by atoms with Gasteiger partial charge in [0.05, 0.1) is 4.70 Å². The van der Waals surface area contributed by atoms with Gasteiger partial charge in [-0.1, -0.05) is 49.0 Å². The molecule has 0 atom stereocenters. The number of nitrogens with zero attached hydrogens (tertiary/aromatic N) is 4. The molecular formula is C22H22N4S. The molecule has 0 saturated heterocycles. The van der Waals surface area contributed by atoms with E-state index in [0.717, 1.165) is 22.4 Å². The molecule has 2 heterocycles. The minimum absolute atomic E-state index is 0.769. The zero-order chi connectivity index (χ0) is 19.2. The standard InChI is InChI=1S/C14H15N3.C8H7NS/c1-11(2)16-14-13(15-9-10-17(14)3)12-7-5-4-6-8-12;1-6-2-3-7-5-9-10-8(7)4-6/h4-10H,1H2,2-3H3;2-5H,1H3. The molecule has 0 unspecified atom stereocenters. The zero-order valence-electron chi connectivity index (χ0n) is 15.8. The van der Waals surface area contributed by atoms with Crippen LogP contribution in [0.2, 0.25) is 0 Å². The van der Waals surface area contributed by atoms with Crippen LogP contribution in [0.15, 0.2) is 84.4 Å². The summed E-state index contributed by atoms with van der Waals surface area (Å²) in [5, 5.41) is 1.25. The van der Waals surface area contributed by atoms with Gasteiger partial charge >= 0.3 is 0 Å². The lowest BCUT2D eigenvalue weighted by atomic mass is 10.1. The molecule has 0 fully saturated rings. The highest BCUT2D eigenvalue weighted by molar-refractivity contribution is 7.13. The first-order valence-electron chi connectivity index (χ1n) is 8.63. The number of hydrogen-bond acceptors (Lipinski definition) is 4. The number of allylic oxidation sites excluding steroid dienone is 1. The van der Waals surface area contributed by atoms with Crippen LogP contribution in [0.4, 0.5) is 0 Å². The molecule has 0 aliphatic rings. The van der Waals surface area contributed by atoms with Gasteiger partial charge in [0, 0.05) is 42.3 Å². The fraction of sp³-hybridized carbons (Fsp3) is 0.136. The molecule has 0 N–H and O–H groups in total. The van der Waals surface area contributed by atoms with Crippen molar-refractivity contribution in [1.29, 1.82) is 0 Å². The maximum absolute atomic E-state index is 4.44. The largest absolute Gasteiger partial charge is 0.333 e. The highest BCUT2D eigenvalue weighted by Gasteiger charge is 2.03. The molecule has 0 bridgehead atoms. The van der Waals surface area contributed by atoms with Crippen LogP contribution in [0.5, 0.6) is 0 Å². The van der Waals surface area contributed by atoms with Gasteiger partial charge in [-0.3, -0.25) is 4.98 Å². The Bertz CT molecular complexity index is 1120. The Morgan fingerprint density at radius 2 is 1.93 bits per heavy atom. The van der Waals surface area contributed by atoms with Crippen molar-refractivity contribution < 1.29 is 0 Å². The highest BCUT2D eigenvalue weighted by atomic mass is 32.1. The monoisotopic (exact) mass is 374 g/mol. The molecule has 2 aromatic carbocycles. The van der Waals surface area contributed by atoms with Crippen molar-refractivity contribution in [3.8, 4) is 11.3 Å². The Labute approximate surface area is 163 Å². The predicted octanol–water partition coefficient (Wildman–Crippen LogP) is 5.13. The van der Waals surface area contributed by atoms with Crippen molar-refractivity contribution in [2.75, 3.05) is 0 Å². The summed E-state index contributed by atoms with van der Waals surface area (Å²) < 4.78 is 7.31. The Hall–Kier alpha value is -3.05. The summed E-state index contributed by atoms with van der Waals surface area (Å²) in [5.74, 6) is 0. The molecule has 136 valence electrons. The zero-order valence-corrected chi connectivity index (χ0v) is 16.6. The Morgan fingerprint density at radius 3 is 2.67 bits per heavy atom. The molecule has 0 saturated carbocycles. The lowest BCUT2D eigenvalue weighted by Crippen LogP contribution is -2.21. The van der Waals surface area contributed by atoms with Crippen LogP contribution in [0.3, 0.4) is 0 Å². The summed E-state index contributed by atoms with van der Waals surface area (Å²) in [6.45, 7) is 7.79. The van der Waals surface area contributed by atoms with Crippen molar-refractivity contribution in [1.82, 2.24) is 13.9 Å². The minimum atomic E-state index is 0.769. The average Bonchev–Trinajstić information content (AvgIpc) is 3.12. The van der Waals surface area contributed by atoms with E-state index < -0.39 is 0 Å². The second-order valence-corrected chi connectivity index (χ2v) is 7.12. The van der Waals surface area contributed by atoms with Gasteiger partial charge < -0.3 is 4.57 Å². The van der Waals surface area contributed by atoms with Gasteiger partial charge in [0.25, 0.3) is 0 Å². The van der Waals surface area contributed by atoms with E-state index in [1.54, 1.807) is 17.7 Å². The molecule has 0 aliphatic heterocycles. The van der Waals surface area contributed by atoms with E-state index in [4.69, 9.17) is 0 Å². The third-order valence-electron chi connectivity index (χ3n) is 3.90. The first-order chi connectivity index (χ1) is 13.0. The molecule has 0 radical (unpaired) electrons. The summed E-state index contributed by atoms with van der Waals surface area (Å²) in [7, 11) is 1.95. The summed E-state index contributed by atoms with van der Waals surface area (Å²) in [5.41, 5.74) is 4.83.